The summed E-state index contributed by atoms with van der Waals surface area (Å²) in [4.78, 5) is 12.3. The highest BCUT2D eigenvalue weighted by Crippen LogP contribution is 2.29. The molecule has 0 bridgehead atoms. The molecule has 2 rings (SSSR count). The summed E-state index contributed by atoms with van der Waals surface area (Å²) in [6.45, 7) is 8.55. The molecule has 0 aliphatic carbocycles. The van der Waals surface area contributed by atoms with Crippen LogP contribution in [0.25, 0.3) is 0 Å². The Morgan fingerprint density at radius 1 is 1.33 bits per heavy atom. The van der Waals surface area contributed by atoms with Crippen LogP contribution in [-0.4, -0.2) is 19.0 Å². The van der Waals surface area contributed by atoms with Gasteiger partial charge in [0.2, 0.25) is 5.91 Å². The van der Waals surface area contributed by atoms with Gasteiger partial charge in [-0.1, -0.05) is 32.9 Å². The van der Waals surface area contributed by atoms with Gasteiger partial charge in [0.25, 0.3) is 0 Å². The molecule has 1 heterocycles. The Morgan fingerprint density at radius 2 is 2.00 bits per heavy atom. The van der Waals surface area contributed by atoms with Gasteiger partial charge >= 0.3 is 0 Å². The molecule has 24 heavy (non-hydrogen) atoms. The topological polar surface area (TPSA) is 41.1 Å². The Hall–Kier alpha value is -1.13. The standard InChI is InChI=1S/C19H29FN2O.ClH/c1-19(2,3)12-17(15-5-7-16(20)8-6-15)22-18(23)9-4-14-10-11-21-13-14;/h5-8,14,17,21H,4,9-13H2,1-3H3,(H,22,23);1H. The third-order valence-electron chi connectivity index (χ3n) is 4.37. The number of rotatable bonds is 6. The van der Waals surface area contributed by atoms with Crippen LogP contribution in [-0.2, 0) is 4.79 Å². The zero-order chi connectivity index (χ0) is 16.9. The van der Waals surface area contributed by atoms with Gasteiger partial charge in [0.15, 0.2) is 0 Å². The first-order chi connectivity index (χ1) is 10.8. The molecule has 1 aliphatic heterocycles. The van der Waals surface area contributed by atoms with Crippen LogP contribution in [0.2, 0.25) is 0 Å². The van der Waals surface area contributed by atoms with Gasteiger partial charge < -0.3 is 10.6 Å². The molecule has 0 aromatic heterocycles. The van der Waals surface area contributed by atoms with E-state index in [2.05, 4.69) is 31.4 Å². The van der Waals surface area contributed by atoms with Crippen LogP contribution in [0.15, 0.2) is 24.3 Å². The minimum absolute atomic E-state index is 0. The van der Waals surface area contributed by atoms with Crippen molar-refractivity contribution in [2.45, 2.75) is 52.5 Å². The smallest absolute Gasteiger partial charge is 0.220 e. The molecule has 5 heteroatoms. The molecule has 0 saturated carbocycles. The van der Waals surface area contributed by atoms with Gasteiger partial charge in [-0.3, -0.25) is 4.79 Å². The molecular weight excluding hydrogens is 327 g/mol. The number of amides is 1. The van der Waals surface area contributed by atoms with E-state index in [1.54, 1.807) is 12.1 Å². The van der Waals surface area contributed by atoms with Gasteiger partial charge in [0, 0.05) is 6.42 Å². The summed E-state index contributed by atoms with van der Waals surface area (Å²) in [5.74, 6) is 0.464. The number of hydrogen-bond donors (Lipinski definition) is 2. The Labute approximate surface area is 151 Å². The van der Waals surface area contributed by atoms with Crippen molar-refractivity contribution in [1.29, 1.82) is 0 Å². The zero-order valence-corrected chi connectivity index (χ0v) is 15.7. The predicted molar refractivity (Wildman–Crippen MR) is 98.8 cm³/mol. The number of carbonyl (C=O) groups excluding carboxylic acids is 1. The number of benzene rings is 1. The lowest BCUT2D eigenvalue weighted by atomic mass is 9.85. The second-order valence-corrected chi connectivity index (χ2v) is 7.83. The Kier molecular flexibility index (Phi) is 8.17. The molecule has 1 aromatic rings. The highest BCUT2D eigenvalue weighted by molar-refractivity contribution is 5.85. The second kappa shape index (κ2) is 9.38. The molecule has 1 amide bonds. The molecule has 0 radical (unpaired) electrons. The van der Waals surface area contributed by atoms with Crippen LogP contribution in [0.5, 0.6) is 0 Å². The normalized spacial score (nSPS) is 18.8. The molecule has 1 saturated heterocycles. The molecule has 3 nitrogen and oxygen atoms in total. The van der Waals surface area contributed by atoms with Crippen molar-refractivity contribution < 1.29 is 9.18 Å². The van der Waals surface area contributed by atoms with Crippen molar-refractivity contribution in [3.63, 3.8) is 0 Å². The third kappa shape index (κ3) is 7.18. The van der Waals surface area contributed by atoms with E-state index in [0.29, 0.717) is 12.3 Å². The third-order valence-corrected chi connectivity index (χ3v) is 4.37. The van der Waals surface area contributed by atoms with Crippen molar-refractivity contribution in [1.82, 2.24) is 10.6 Å². The summed E-state index contributed by atoms with van der Waals surface area (Å²) < 4.78 is 13.2. The summed E-state index contributed by atoms with van der Waals surface area (Å²) in [6, 6.07) is 6.40. The Morgan fingerprint density at radius 3 is 2.54 bits per heavy atom. The first-order valence-corrected chi connectivity index (χ1v) is 8.59. The summed E-state index contributed by atoms with van der Waals surface area (Å²) in [6.07, 6.45) is 3.49. The summed E-state index contributed by atoms with van der Waals surface area (Å²) in [7, 11) is 0. The van der Waals surface area contributed by atoms with E-state index in [0.717, 1.165) is 37.9 Å². The predicted octanol–water partition coefficient (Wildman–Crippen LogP) is 4.23. The lowest BCUT2D eigenvalue weighted by molar-refractivity contribution is -0.122. The molecule has 0 spiro atoms. The summed E-state index contributed by atoms with van der Waals surface area (Å²) in [5, 5.41) is 6.48. The lowest BCUT2D eigenvalue weighted by Gasteiger charge is -2.27. The van der Waals surface area contributed by atoms with E-state index in [9.17, 15) is 9.18 Å². The van der Waals surface area contributed by atoms with Gasteiger partial charge in [-0.25, -0.2) is 4.39 Å². The quantitative estimate of drug-likeness (QED) is 0.800. The average Bonchev–Trinajstić information content (AvgIpc) is 2.97. The molecule has 2 N–H and O–H groups in total. The second-order valence-electron chi connectivity index (χ2n) is 7.83. The van der Waals surface area contributed by atoms with Gasteiger partial charge in [-0.2, -0.15) is 0 Å². The molecule has 1 aliphatic rings. The van der Waals surface area contributed by atoms with Crippen LogP contribution in [0.1, 0.15) is 58.1 Å². The van der Waals surface area contributed by atoms with Gasteiger partial charge in [0.1, 0.15) is 5.82 Å². The van der Waals surface area contributed by atoms with Crippen LogP contribution in [0, 0.1) is 17.2 Å². The molecule has 2 atom stereocenters. The summed E-state index contributed by atoms with van der Waals surface area (Å²) >= 11 is 0. The maximum atomic E-state index is 13.2. The van der Waals surface area contributed by atoms with E-state index >= 15 is 0 Å². The van der Waals surface area contributed by atoms with Crippen molar-refractivity contribution in [3.05, 3.63) is 35.6 Å². The fraction of sp³-hybridized carbons (Fsp3) is 0.632. The molecule has 1 aromatic carbocycles. The Bertz CT molecular complexity index is 507. The fourth-order valence-corrected chi connectivity index (χ4v) is 3.12. The monoisotopic (exact) mass is 356 g/mol. The highest BCUT2D eigenvalue weighted by Gasteiger charge is 2.23. The minimum atomic E-state index is -0.247. The lowest BCUT2D eigenvalue weighted by Crippen LogP contribution is -2.31. The van der Waals surface area contributed by atoms with Gasteiger partial charge in [-0.05, 0) is 61.4 Å². The largest absolute Gasteiger partial charge is 0.349 e. The number of halogens is 2. The maximum absolute atomic E-state index is 13.2. The van der Waals surface area contributed by atoms with Crippen molar-refractivity contribution >= 4 is 18.3 Å². The van der Waals surface area contributed by atoms with E-state index in [1.165, 1.54) is 12.1 Å². The van der Waals surface area contributed by atoms with Crippen LogP contribution < -0.4 is 10.6 Å². The fourth-order valence-electron chi connectivity index (χ4n) is 3.12. The minimum Gasteiger partial charge on any atom is -0.349 e. The van der Waals surface area contributed by atoms with E-state index in [4.69, 9.17) is 0 Å². The van der Waals surface area contributed by atoms with Crippen molar-refractivity contribution in [3.8, 4) is 0 Å². The van der Waals surface area contributed by atoms with Crippen molar-refractivity contribution in [2.75, 3.05) is 13.1 Å². The van der Waals surface area contributed by atoms with Crippen LogP contribution >= 0.6 is 12.4 Å². The Balaban J connectivity index is 0.00000288. The van der Waals surface area contributed by atoms with Crippen LogP contribution in [0.4, 0.5) is 4.39 Å². The molecule has 2 unspecified atom stereocenters. The van der Waals surface area contributed by atoms with Gasteiger partial charge in [0.05, 0.1) is 6.04 Å². The number of nitrogens with one attached hydrogen (secondary N) is 2. The summed E-state index contributed by atoms with van der Waals surface area (Å²) in [5.41, 5.74) is 1.05. The molecular formula is C19H30ClFN2O. The number of hydrogen-bond acceptors (Lipinski definition) is 2. The van der Waals surface area contributed by atoms with Crippen molar-refractivity contribution in [2.24, 2.45) is 11.3 Å². The van der Waals surface area contributed by atoms with Gasteiger partial charge in [-0.15, -0.1) is 12.4 Å². The number of carbonyl (C=O) groups is 1. The van der Waals surface area contributed by atoms with E-state index < -0.39 is 0 Å². The van der Waals surface area contributed by atoms with Crippen LogP contribution in [0.3, 0.4) is 0 Å². The SMILES string of the molecule is CC(C)(C)CC(NC(=O)CCC1CCNC1)c1ccc(F)cc1.Cl. The highest BCUT2D eigenvalue weighted by atomic mass is 35.5. The first-order valence-electron chi connectivity index (χ1n) is 8.59. The molecule has 1 fully saturated rings. The maximum Gasteiger partial charge on any atom is 0.220 e. The van der Waals surface area contributed by atoms with E-state index in [-0.39, 0.29) is 35.6 Å². The average molecular weight is 357 g/mol. The molecule has 136 valence electrons. The van der Waals surface area contributed by atoms with E-state index in [1.807, 2.05) is 0 Å². The first kappa shape index (κ1) is 20.9. The zero-order valence-electron chi connectivity index (χ0n) is 14.9.